The Labute approximate surface area is 157 Å². The van der Waals surface area contributed by atoms with Crippen molar-refractivity contribution in [1.82, 2.24) is 15.1 Å². The lowest BCUT2D eigenvalue weighted by atomic mass is 9.93. The van der Waals surface area contributed by atoms with E-state index in [9.17, 15) is 9.59 Å². The average Bonchev–Trinajstić information content (AvgIpc) is 2.54. The molecule has 2 fully saturated rings. The van der Waals surface area contributed by atoms with E-state index in [0.29, 0.717) is 25.4 Å². The third kappa shape index (κ3) is 7.50. The van der Waals surface area contributed by atoms with Gasteiger partial charge in [-0.15, -0.1) is 0 Å². The smallest absolute Gasteiger partial charge is 0.410 e. The van der Waals surface area contributed by atoms with Crippen LogP contribution in [0.3, 0.4) is 0 Å². The topological polar surface area (TPSA) is 71.1 Å². The number of hydrogen-bond donors (Lipinski definition) is 1. The normalized spacial score (nSPS) is 21.3. The quantitative estimate of drug-likeness (QED) is 0.801. The van der Waals surface area contributed by atoms with E-state index < -0.39 is 5.60 Å². The molecule has 0 spiro atoms. The Morgan fingerprint density at radius 3 is 2.35 bits per heavy atom. The molecule has 2 amide bonds. The minimum Gasteiger partial charge on any atom is -0.444 e. The molecule has 7 heteroatoms. The first-order chi connectivity index (χ1) is 12.2. The van der Waals surface area contributed by atoms with Crippen LogP contribution in [0.2, 0.25) is 0 Å². The number of carbonyl (C=O) groups excluding carboxylic acids is 2. The van der Waals surface area contributed by atoms with Crippen molar-refractivity contribution < 1.29 is 19.1 Å². The Hall–Kier alpha value is -1.34. The number of morpholine rings is 1. The Morgan fingerprint density at radius 1 is 1.15 bits per heavy atom. The lowest BCUT2D eigenvalue weighted by Crippen LogP contribution is -2.46. The fraction of sp³-hybridized carbons (Fsp3) is 0.895. The van der Waals surface area contributed by atoms with Crippen LogP contribution in [0.15, 0.2) is 0 Å². The zero-order valence-corrected chi connectivity index (χ0v) is 16.8. The van der Waals surface area contributed by atoms with Gasteiger partial charge in [-0.3, -0.25) is 9.69 Å². The van der Waals surface area contributed by atoms with Gasteiger partial charge >= 0.3 is 6.09 Å². The molecule has 1 N–H and O–H groups in total. The van der Waals surface area contributed by atoms with Crippen molar-refractivity contribution in [3.63, 3.8) is 0 Å². The summed E-state index contributed by atoms with van der Waals surface area (Å²) in [6.07, 6.45) is 1.99. The van der Waals surface area contributed by atoms with Crippen molar-refractivity contribution in [2.75, 3.05) is 45.9 Å². The molecular formula is C19H35N3O4. The minimum absolute atomic E-state index is 0.112. The van der Waals surface area contributed by atoms with Gasteiger partial charge in [-0.2, -0.15) is 0 Å². The van der Waals surface area contributed by atoms with Crippen LogP contribution >= 0.6 is 0 Å². The lowest BCUT2D eigenvalue weighted by Gasteiger charge is -2.33. The first-order valence-electron chi connectivity index (χ1n) is 9.80. The zero-order chi connectivity index (χ0) is 19.2. The van der Waals surface area contributed by atoms with Crippen LogP contribution in [-0.4, -0.2) is 79.4 Å². The van der Waals surface area contributed by atoms with Gasteiger partial charge in [0, 0.05) is 45.2 Å². The van der Waals surface area contributed by atoms with Crippen molar-refractivity contribution >= 4 is 12.0 Å². The van der Waals surface area contributed by atoms with Gasteiger partial charge < -0.3 is 19.7 Å². The fourth-order valence-electron chi connectivity index (χ4n) is 3.46. The second-order valence-corrected chi connectivity index (χ2v) is 8.50. The van der Waals surface area contributed by atoms with E-state index in [1.54, 1.807) is 4.90 Å². The number of rotatable bonds is 5. The van der Waals surface area contributed by atoms with E-state index in [-0.39, 0.29) is 18.0 Å². The third-order valence-electron chi connectivity index (χ3n) is 4.78. The van der Waals surface area contributed by atoms with Gasteiger partial charge in [-0.05, 0) is 46.5 Å². The molecule has 0 aromatic heterocycles. The summed E-state index contributed by atoms with van der Waals surface area (Å²) in [7, 11) is 0. The number of nitrogens with one attached hydrogen (secondary N) is 1. The van der Waals surface area contributed by atoms with Gasteiger partial charge in [0.25, 0.3) is 0 Å². The Bertz CT molecular complexity index is 464. The van der Waals surface area contributed by atoms with Crippen molar-refractivity contribution in [3.8, 4) is 0 Å². The first-order valence-corrected chi connectivity index (χ1v) is 9.80. The molecule has 7 nitrogen and oxygen atoms in total. The number of carbonyl (C=O) groups is 2. The Morgan fingerprint density at radius 2 is 1.77 bits per heavy atom. The maximum atomic E-state index is 12.3. The second kappa shape index (κ2) is 9.55. The number of piperidine rings is 1. The highest BCUT2D eigenvalue weighted by Crippen LogP contribution is 2.22. The third-order valence-corrected chi connectivity index (χ3v) is 4.78. The van der Waals surface area contributed by atoms with Gasteiger partial charge in [0.05, 0.1) is 13.2 Å². The molecule has 0 bridgehead atoms. The summed E-state index contributed by atoms with van der Waals surface area (Å²) in [6, 6.07) is 0.141. The highest BCUT2D eigenvalue weighted by molar-refractivity contribution is 5.76. The molecule has 0 aliphatic carbocycles. The number of amides is 2. The molecule has 26 heavy (non-hydrogen) atoms. The van der Waals surface area contributed by atoms with Crippen LogP contribution in [0.5, 0.6) is 0 Å². The molecule has 0 radical (unpaired) electrons. The largest absolute Gasteiger partial charge is 0.444 e. The van der Waals surface area contributed by atoms with Crippen LogP contribution in [0, 0.1) is 5.92 Å². The summed E-state index contributed by atoms with van der Waals surface area (Å²) < 4.78 is 10.8. The summed E-state index contributed by atoms with van der Waals surface area (Å²) in [6.45, 7) is 13.3. The maximum absolute atomic E-state index is 12.3. The van der Waals surface area contributed by atoms with Gasteiger partial charge in [0.1, 0.15) is 5.60 Å². The molecule has 2 aliphatic rings. The van der Waals surface area contributed by atoms with Crippen LogP contribution in [-0.2, 0) is 14.3 Å². The summed E-state index contributed by atoms with van der Waals surface area (Å²) in [5, 5.41) is 3.11. The van der Waals surface area contributed by atoms with E-state index in [2.05, 4.69) is 17.1 Å². The van der Waals surface area contributed by atoms with E-state index >= 15 is 0 Å². The van der Waals surface area contributed by atoms with Crippen molar-refractivity contribution in [3.05, 3.63) is 0 Å². The van der Waals surface area contributed by atoms with Gasteiger partial charge in [-0.1, -0.05) is 0 Å². The molecule has 2 saturated heterocycles. The molecule has 150 valence electrons. The molecule has 1 unspecified atom stereocenters. The number of likely N-dealkylation sites (tertiary alicyclic amines) is 1. The summed E-state index contributed by atoms with van der Waals surface area (Å²) in [4.78, 5) is 28.5. The molecule has 2 rings (SSSR count). The van der Waals surface area contributed by atoms with Crippen LogP contribution in [0.25, 0.3) is 0 Å². The predicted octanol–water partition coefficient (Wildman–Crippen LogP) is 1.86. The zero-order valence-electron chi connectivity index (χ0n) is 16.8. The summed E-state index contributed by atoms with van der Waals surface area (Å²) in [5.74, 6) is 0.450. The molecule has 2 heterocycles. The molecule has 1 atom stereocenters. The summed E-state index contributed by atoms with van der Waals surface area (Å²) in [5.41, 5.74) is -0.468. The van der Waals surface area contributed by atoms with E-state index in [4.69, 9.17) is 9.47 Å². The molecular weight excluding hydrogens is 334 g/mol. The van der Waals surface area contributed by atoms with Gasteiger partial charge in [0.2, 0.25) is 5.91 Å². The average molecular weight is 370 g/mol. The van der Waals surface area contributed by atoms with E-state index in [1.807, 2.05) is 20.8 Å². The summed E-state index contributed by atoms with van der Waals surface area (Å²) >= 11 is 0. The van der Waals surface area contributed by atoms with Gasteiger partial charge in [0.15, 0.2) is 0 Å². The van der Waals surface area contributed by atoms with Crippen molar-refractivity contribution in [1.29, 1.82) is 0 Å². The van der Waals surface area contributed by atoms with Crippen LogP contribution in [0.1, 0.15) is 47.0 Å². The standard InChI is InChI=1S/C19H35N3O4/c1-15(14-21-9-11-25-12-10-21)20-17(23)13-16-5-7-22(8-6-16)18(24)26-19(2,3)4/h15-16H,5-14H2,1-4H3,(H,20,23). The Balaban J connectivity index is 1.65. The van der Waals surface area contributed by atoms with Crippen molar-refractivity contribution in [2.45, 2.75) is 58.6 Å². The number of ether oxygens (including phenoxy) is 2. The Kier molecular flexibility index (Phi) is 7.70. The highest BCUT2D eigenvalue weighted by Gasteiger charge is 2.28. The lowest BCUT2D eigenvalue weighted by molar-refractivity contribution is -0.123. The number of nitrogens with zero attached hydrogens (tertiary/aromatic N) is 2. The first kappa shape index (κ1) is 21.0. The predicted molar refractivity (Wildman–Crippen MR) is 100 cm³/mol. The number of hydrogen-bond acceptors (Lipinski definition) is 5. The van der Waals surface area contributed by atoms with Crippen LogP contribution < -0.4 is 5.32 Å². The monoisotopic (exact) mass is 369 g/mol. The second-order valence-electron chi connectivity index (χ2n) is 8.50. The minimum atomic E-state index is -0.468. The molecule has 0 aromatic rings. The van der Waals surface area contributed by atoms with Gasteiger partial charge in [-0.25, -0.2) is 4.79 Å². The maximum Gasteiger partial charge on any atom is 0.410 e. The van der Waals surface area contributed by atoms with E-state index in [1.165, 1.54) is 0 Å². The SMILES string of the molecule is CC(CN1CCOCC1)NC(=O)CC1CCN(C(=O)OC(C)(C)C)CC1. The highest BCUT2D eigenvalue weighted by atomic mass is 16.6. The van der Waals surface area contributed by atoms with E-state index in [0.717, 1.165) is 45.7 Å². The van der Waals surface area contributed by atoms with Crippen molar-refractivity contribution in [2.24, 2.45) is 5.92 Å². The molecule has 0 saturated carbocycles. The molecule has 0 aromatic carbocycles. The van der Waals surface area contributed by atoms with Crippen LogP contribution in [0.4, 0.5) is 4.79 Å². The molecule has 2 aliphatic heterocycles. The fourth-order valence-corrected chi connectivity index (χ4v) is 3.46.